The van der Waals surface area contributed by atoms with Crippen molar-refractivity contribution in [3.63, 3.8) is 0 Å². The van der Waals surface area contributed by atoms with Crippen LogP contribution in [0.25, 0.3) is 0 Å². The maximum atomic E-state index is 12.3. The Balaban J connectivity index is 2.56. The van der Waals surface area contributed by atoms with Crippen LogP contribution in [0.2, 0.25) is 0 Å². The van der Waals surface area contributed by atoms with E-state index in [4.69, 9.17) is 5.26 Å². The van der Waals surface area contributed by atoms with Crippen LogP contribution in [-0.2, 0) is 0 Å². The average molecular weight is 188 g/mol. The highest BCUT2D eigenvalue weighted by Gasteiger charge is 2.36. The van der Waals surface area contributed by atoms with E-state index in [0.717, 1.165) is 0 Å². The fourth-order valence-corrected chi connectivity index (χ4v) is 1.57. The van der Waals surface area contributed by atoms with E-state index in [-0.39, 0.29) is 0 Å². The standard InChI is InChI=1S/C9H14F2N2/c1-9(2,6-12)13-4-3-7(5-13)8(10)11/h7-8H,3-5H2,1-2H3. The smallest absolute Gasteiger partial charge is 0.242 e. The summed E-state index contributed by atoms with van der Waals surface area (Å²) in [5, 5.41) is 8.80. The molecule has 0 aliphatic carbocycles. The van der Waals surface area contributed by atoms with Crippen molar-refractivity contribution < 1.29 is 8.78 Å². The minimum absolute atomic E-state index is 0.345. The topological polar surface area (TPSA) is 27.0 Å². The highest BCUT2D eigenvalue weighted by atomic mass is 19.3. The molecule has 0 aromatic rings. The predicted molar refractivity (Wildman–Crippen MR) is 45.4 cm³/mol. The number of hydrogen-bond acceptors (Lipinski definition) is 2. The first-order valence-electron chi connectivity index (χ1n) is 4.42. The van der Waals surface area contributed by atoms with E-state index in [0.29, 0.717) is 19.5 Å². The minimum Gasteiger partial charge on any atom is -0.285 e. The van der Waals surface area contributed by atoms with Gasteiger partial charge in [-0.2, -0.15) is 5.26 Å². The Morgan fingerprint density at radius 3 is 2.54 bits per heavy atom. The molecule has 0 aromatic heterocycles. The van der Waals surface area contributed by atoms with Crippen molar-refractivity contribution in [3.8, 4) is 6.07 Å². The molecule has 4 heteroatoms. The monoisotopic (exact) mass is 188 g/mol. The lowest BCUT2D eigenvalue weighted by Crippen LogP contribution is -2.41. The summed E-state index contributed by atoms with van der Waals surface area (Å²) < 4.78 is 24.6. The fourth-order valence-electron chi connectivity index (χ4n) is 1.57. The van der Waals surface area contributed by atoms with E-state index >= 15 is 0 Å². The SMILES string of the molecule is CC(C)(C#N)N1CCC(C(F)F)C1. The molecule has 1 unspecified atom stereocenters. The summed E-state index contributed by atoms with van der Waals surface area (Å²) in [7, 11) is 0. The predicted octanol–water partition coefficient (Wildman–Crippen LogP) is 1.88. The van der Waals surface area contributed by atoms with Crippen molar-refractivity contribution in [3.05, 3.63) is 0 Å². The summed E-state index contributed by atoms with van der Waals surface area (Å²) in [5.74, 6) is -0.548. The van der Waals surface area contributed by atoms with Gasteiger partial charge in [-0.3, -0.25) is 4.90 Å². The van der Waals surface area contributed by atoms with Gasteiger partial charge in [-0.25, -0.2) is 8.78 Å². The van der Waals surface area contributed by atoms with Crippen LogP contribution >= 0.6 is 0 Å². The molecule has 1 aliphatic rings. The molecule has 1 atom stereocenters. The normalized spacial score (nSPS) is 25.1. The number of nitriles is 1. The largest absolute Gasteiger partial charge is 0.285 e. The zero-order chi connectivity index (χ0) is 10.1. The zero-order valence-corrected chi connectivity index (χ0v) is 7.93. The van der Waals surface area contributed by atoms with Crippen LogP contribution in [0.5, 0.6) is 0 Å². The highest BCUT2D eigenvalue weighted by molar-refractivity contribution is 5.03. The van der Waals surface area contributed by atoms with Gasteiger partial charge in [0.2, 0.25) is 6.43 Å². The minimum atomic E-state index is -2.25. The van der Waals surface area contributed by atoms with Gasteiger partial charge in [-0.15, -0.1) is 0 Å². The summed E-state index contributed by atoms with van der Waals surface area (Å²) in [5.41, 5.74) is -0.607. The molecule has 1 heterocycles. The first kappa shape index (κ1) is 10.4. The maximum absolute atomic E-state index is 12.3. The highest BCUT2D eigenvalue weighted by Crippen LogP contribution is 2.27. The van der Waals surface area contributed by atoms with Crippen molar-refractivity contribution in [1.29, 1.82) is 5.26 Å². The Morgan fingerprint density at radius 1 is 1.54 bits per heavy atom. The molecule has 1 rings (SSSR count). The van der Waals surface area contributed by atoms with Gasteiger partial charge in [0.15, 0.2) is 0 Å². The third kappa shape index (κ3) is 2.16. The van der Waals surface area contributed by atoms with Crippen molar-refractivity contribution in [2.24, 2.45) is 5.92 Å². The number of hydrogen-bond donors (Lipinski definition) is 0. The van der Waals surface area contributed by atoms with Crippen LogP contribution in [0.3, 0.4) is 0 Å². The second kappa shape index (κ2) is 3.59. The summed E-state index contributed by atoms with van der Waals surface area (Å²) in [6.45, 7) is 4.48. The Labute approximate surface area is 77.1 Å². The van der Waals surface area contributed by atoms with Crippen molar-refractivity contribution in [2.45, 2.75) is 32.2 Å². The van der Waals surface area contributed by atoms with Crippen LogP contribution < -0.4 is 0 Å². The molecule has 0 N–H and O–H groups in total. The van der Waals surface area contributed by atoms with E-state index in [9.17, 15) is 8.78 Å². The Bertz CT molecular complexity index is 220. The van der Waals surface area contributed by atoms with Crippen LogP contribution in [0.15, 0.2) is 0 Å². The lowest BCUT2D eigenvalue weighted by molar-refractivity contribution is 0.0748. The molecule has 0 saturated carbocycles. The third-order valence-corrected chi connectivity index (χ3v) is 2.65. The van der Waals surface area contributed by atoms with Crippen molar-refractivity contribution in [2.75, 3.05) is 13.1 Å². The Hall–Kier alpha value is -0.690. The molecular formula is C9H14F2N2. The molecule has 0 amide bonds. The van der Waals surface area contributed by atoms with Crippen molar-refractivity contribution in [1.82, 2.24) is 4.90 Å². The average Bonchev–Trinajstić information content (AvgIpc) is 2.52. The number of likely N-dealkylation sites (tertiary alicyclic amines) is 1. The summed E-state index contributed by atoms with van der Waals surface area (Å²) in [6.07, 6.45) is -1.75. The Morgan fingerprint density at radius 2 is 2.15 bits per heavy atom. The van der Waals surface area contributed by atoms with Gasteiger partial charge < -0.3 is 0 Å². The Kier molecular flexibility index (Phi) is 2.87. The first-order valence-corrected chi connectivity index (χ1v) is 4.42. The zero-order valence-electron chi connectivity index (χ0n) is 7.93. The lowest BCUT2D eigenvalue weighted by atomic mass is 10.1. The number of alkyl halides is 2. The molecule has 0 radical (unpaired) electrons. The van der Waals surface area contributed by atoms with Gasteiger partial charge in [-0.1, -0.05) is 0 Å². The first-order chi connectivity index (χ1) is 5.97. The number of rotatable bonds is 2. The van der Waals surface area contributed by atoms with Crippen LogP contribution in [-0.4, -0.2) is 30.0 Å². The quantitative estimate of drug-likeness (QED) is 0.661. The van der Waals surface area contributed by atoms with Gasteiger partial charge >= 0.3 is 0 Å². The van der Waals surface area contributed by atoms with Crippen LogP contribution in [0.1, 0.15) is 20.3 Å². The van der Waals surface area contributed by atoms with Gasteiger partial charge in [-0.05, 0) is 20.3 Å². The summed E-state index contributed by atoms with van der Waals surface area (Å²) in [6, 6.07) is 2.12. The van der Waals surface area contributed by atoms with Gasteiger partial charge in [0.05, 0.1) is 6.07 Å². The fraction of sp³-hybridized carbons (Fsp3) is 0.889. The molecule has 0 spiro atoms. The molecule has 1 aliphatic heterocycles. The second-order valence-corrected chi connectivity index (χ2v) is 4.00. The molecule has 0 bridgehead atoms. The molecule has 2 nitrogen and oxygen atoms in total. The molecule has 0 aromatic carbocycles. The number of halogens is 2. The molecule has 1 fully saturated rings. The molecule has 74 valence electrons. The van der Waals surface area contributed by atoms with Gasteiger partial charge in [0.1, 0.15) is 5.54 Å². The van der Waals surface area contributed by atoms with E-state index in [1.165, 1.54) is 0 Å². The van der Waals surface area contributed by atoms with Crippen LogP contribution in [0.4, 0.5) is 8.78 Å². The summed E-state index contributed by atoms with van der Waals surface area (Å²) in [4.78, 5) is 1.82. The van der Waals surface area contributed by atoms with Crippen LogP contribution in [0, 0.1) is 17.2 Å². The molecular weight excluding hydrogens is 174 g/mol. The summed E-state index contributed by atoms with van der Waals surface area (Å²) >= 11 is 0. The van der Waals surface area contributed by atoms with Gasteiger partial charge in [0, 0.05) is 19.0 Å². The third-order valence-electron chi connectivity index (χ3n) is 2.65. The molecule has 13 heavy (non-hydrogen) atoms. The van der Waals surface area contributed by atoms with Crippen molar-refractivity contribution >= 4 is 0 Å². The van der Waals surface area contributed by atoms with Gasteiger partial charge in [0.25, 0.3) is 0 Å². The maximum Gasteiger partial charge on any atom is 0.242 e. The second-order valence-electron chi connectivity index (χ2n) is 4.00. The van der Waals surface area contributed by atoms with E-state index in [2.05, 4.69) is 6.07 Å². The lowest BCUT2D eigenvalue weighted by Gasteiger charge is -2.28. The van der Waals surface area contributed by atoms with E-state index < -0.39 is 17.9 Å². The number of nitrogens with zero attached hydrogens (tertiary/aromatic N) is 2. The van der Waals surface area contributed by atoms with E-state index in [1.807, 2.05) is 4.90 Å². The van der Waals surface area contributed by atoms with E-state index in [1.54, 1.807) is 13.8 Å². The molecule has 1 saturated heterocycles.